The molecule has 0 aliphatic heterocycles. The van der Waals surface area contributed by atoms with Crippen molar-refractivity contribution in [3.63, 3.8) is 0 Å². The summed E-state index contributed by atoms with van der Waals surface area (Å²) in [6.45, 7) is 1.86. The molecule has 0 N–H and O–H groups in total. The summed E-state index contributed by atoms with van der Waals surface area (Å²) in [5.74, 6) is 0. The van der Waals surface area contributed by atoms with Crippen molar-refractivity contribution in [2.24, 2.45) is 0 Å². The van der Waals surface area contributed by atoms with Gasteiger partial charge >= 0.3 is 0 Å². The lowest BCUT2D eigenvalue weighted by atomic mass is 10.6. The van der Waals surface area contributed by atoms with Crippen LogP contribution in [0.5, 0.6) is 0 Å². The average Bonchev–Trinajstić information content (AvgIpc) is 1.86. The summed E-state index contributed by atoms with van der Waals surface area (Å²) in [6.07, 6.45) is 0. The van der Waals surface area contributed by atoms with E-state index in [4.69, 9.17) is 0 Å². The van der Waals surface area contributed by atoms with Crippen molar-refractivity contribution in [2.75, 3.05) is 0 Å². The van der Waals surface area contributed by atoms with Crippen LogP contribution in [0, 0.1) is 12.3 Å². The molecule has 0 amide bonds. The van der Waals surface area contributed by atoms with Gasteiger partial charge in [0.25, 0.3) is 0 Å². The second-order valence-corrected chi connectivity index (χ2v) is 1.51. The van der Waals surface area contributed by atoms with Crippen LogP contribution in [0.1, 0.15) is 5.69 Å². The van der Waals surface area contributed by atoms with Gasteiger partial charge in [-0.1, -0.05) is 4.49 Å². The highest BCUT2D eigenvalue weighted by atomic mass is 32.1. The zero-order chi connectivity index (χ0) is 4.41. The van der Waals surface area contributed by atoms with E-state index in [1.54, 1.807) is 0 Å². The Balaban J connectivity index is 3.05. The largest absolute Gasteiger partial charge is 0.143 e. The van der Waals surface area contributed by atoms with Gasteiger partial charge in [0.05, 0.1) is 11.1 Å². The summed E-state index contributed by atoms with van der Waals surface area (Å²) in [7, 11) is 0. The minimum atomic E-state index is 0.875. The number of nitrogens with zero attached hydrogens (tertiary/aromatic N) is 2. The molecule has 0 saturated carbocycles. The van der Waals surface area contributed by atoms with Crippen LogP contribution in [0.25, 0.3) is 0 Å². The smallest absolute Gasteiger partial charge is 0.0918 e. The van der Waals surface area contributed by atoms with Crippen molar-refractivity contribution in [3.05, 3.63) is 11.1 Å². The molecule has 0 atom stereocenters. The van der Waals surface area contributed by atoms with Crippen molar-refractivity contribution in [2.45, 2.75) is 6.92 Å². The van der Waals surface area contributed by atoms with E-state index in [1.807, 2.05) is 6.92 Å². The Bertz CT molecular complexity index is 112. The van der Waals surface area contributed by atoms with Crippen molar-refractivity contribution >= 4 is 11.5 Å². The minimum Gasteiger partial charge on any atom is -0.143 e. The molecule has 31 valence electrons. The van der Waals surface area contributed by atoms with Gasteiger partial charge in [-0.05, 0) is 18.5 Å². The maximum absolute atomic E-state index is 3.63. The van der Waals surface area contributed by atoms with Gasteiger partial charge in [-0.2, -0.15) is 0 Å². The molecule has 0 unspecified atom stereocenters. The normalized spacial score (nSPS) is 8.83. The fourth-order valence-electron chi connectivity index (χ4n) is 0.189. The highest BCUT2D eigenvalue weighted by Crippen LogP contribution is 1.88. The van der Waals surface area contributed by atoms with Crippen LogP contribution >= 0.6 is 11.5 Å². The molecular weight excluding hydrogens is 96.1 g/mol. The maximum Gasteiger partial charge on any atom is 0.0918 e. The fourth-order valence-corrected chi connectivity index (χ4v) is 0.566. The number of aryl methyl sites for hydroxylation is 1. The minimum absolute atomic E-state index is 0.875. The number of rotatable bonds is 0. The topological polar surface area (TPSA) is 25.8 Å². The third kappa shape index (κ3) is 0.542. The third-order valence-electron chi connectivity index (χ3n) is 0.425. The van der Waals surface area contributed by atoms with Crippen LogP contribution in [0.2, 0.25) is 0 Å². The van der Waals surface area contributed by atoms with Gasteiger partial charge in [-0.3, -0.25) is 0 Å². The van der Waals surface area contributed by atoms with E-state index in [0.29, 0.717) is 0 Å². The van der Waals surface area contributed by atoms with E-state index in [-0.39, 0.29) is 0 Å². The summed E-state index contributed by atoms with van der Waals surface area (Å²) in [4.78, 5) is 0. The first-order chi connectivity index (χ1) is 2.89. The third-order valence-corrected chi connectivity index (χ3v) is 0.975. The summed E-state index contributed by atoms with van der Waals surface area (Å²) in [5, 5.41) is 6.45. The molecule has 0 bridgehead atoms. The molecule has 0 aliphatic rings. The van der Waals surface area contributed by atoms with Gasteiger partial charge in [0.15, 0.2) is 0 Å². The van der Waals surface area contributed by atoms with E-state index in [9.17, 15) is 0 Å². The van der Waals surface area contributed by atoms with E-state index >= 15 is 0 Å². The molecule has 1 rings (SSSR count). The fraction of sp³-hybridized carbons (Fsp3) is 0.333. The van der Waals surface area contributed by atoms with Crippen LogP contribution < -0.4 is 0 Å². The van der Waals surface area contributed by atoms with Crippen molar-refractivity contribution in [1.82, 2.24) is 9.59 Å². The molecule has 1 heterocycles. The van der Waals surface area contributed by atoms with Crippen LogP contribution in [0.4, 0.5) is 0 Å². The van der Waals surface area contributed by atoms with E-state index in [1.165, 1.54) is 11.5 Å². The Kier molecular flexibility index (Phi) is 0.837. The number of hydrogen-bond donors (Lipinski definition) is 0. The maximum atomic E-state index is 3.63. The van der Waals surface area contributed by atoms with Crippen molar-refractivity contribution in [3.8, 4) is 0 Å². The molecule has 0 aliphatic carbocycles. The first-order valence-corrected chi connectivity index (χ1v) is 2.33. The van der Waals surface area contributed by atoms with Gasteiger partial charge in [-0.25, -0.2) is 0 Å². The standard InChI is InChI=1S/C3H3N2S/c1-3-2-6-5-4-3/h1H3. The van der Waals surface area contributed by atoms with Crippen LogP contribution in [-0.4, -0.2) is 9.59 Å². The van der Waals surface area contributed by atoms with Crippen LogP contribution in [-0.2, 0) is 0 Å². The molecule has 0 spiro atoms. The molecule has 1 aromatic rings. The highest BCUT2D eigenvalue weighted by molar-refractivity contribution is 7.02. The molecular formula is C3H3N2S. The lowest BCUT2D eigenvalue weighted by Crippen LogP contribution is -1.65. The van der Waals surface area contributed by atoms with E-state index in [0.717, 1.165) is 5.69 Å². The van der Waals surface area contributed by atoms with Gasteiger partial charge in [0.1, 0.15) is 0 Å². The molecule has 0 fully saturated rings. The summed E-state index contributed by atoms with van der Waals surface area (Å²) >= 11 is 1.25. The lowest BCUT2D eigenvalue weighted by Gasteiger charge is -1.60. The predicted octanol–water partition coefficient (Wildman–Crippen LogP) is 0.647. The quantitative estimate of drug-likeness (QED) is 0.477. The van der Waals surface area contributed by atoms with Gasteiger partial charge in [0, 0.05) is 0 Å². The Hall–Kier alpha value is -0.440. The molecule has 6 heavy (non-hydrogen) atoms. The molecule has 0 aromatic carbocycles. The Morgan fingerprint density at radius 2 is 2.67 bits per heavy atom. The first-order valence-electron chi connectivity index (χ1n) is 1.56. The second-order valence-electron chi connectivity index (χ2n) is 0.960. The summed E-state index contributed by atoms with van der Waals surface area (Å²) in [5.41, 5.74) is 0.875. The van der Waals surface area contributed by atoms with E-state index in [2.05, 4.69) is 15.0 Å². The average molecular weight is 99.1 g/mol. The Morgan fingerprint density at radius 1 is 1.83 bits per heavy atom. The molecule has 2 nitrogen and oxygen atoms in total. The number of hydrogen-bond acceptors (Lipinski definition) is 3. The summed E-state index contributed by atoms with van der Waals surface area (Å²) in [6, 6.07) is 0. The molecule has 3 heteroatoms. The second kappa shape index (κ2) is 1.34. The van der Waals surface area contributed by atoms with Gasteiger partial charge in [0.2, 0.25) is 0 Å². The molecule has 1 radical (unpaired) electrons. The van der Waals surface area contributed by atoms with Crippen molar-refractivity contribution < 1.29 is 0 Å². The zero-order valence-corrected chi connectivity index (χ0v) is 4.12. The Labute approximate surface area is 40.0 Å². The van der Waals surface area contributed by atoms with Crippen LogP contribution in [0.3, 0.4) is 0 Å². The summed E-state index contributed by atoms with van der Waals surface area (Å²) < 4.78 is 3.56. The van der Waals surface area contributed by atoms with E-state index < -0.39 is 0 Å². The Morgan fingerprint density at radius 3 is 2.83 bits per heavy atom. The zero-order valence-electron chi connectivity index (χ0n) is 3.30. The SMILES string of the molecule is Cc1[c]snn1. The molecule has 1 aromatic heterocycles. The lowest BCUT2D eigenvalue weighted by molar-refractivity contribution is 1.09. The molecule has 0 saturated heterocycles. The van der Waals surface area contributed by atoms with Gasteiger partial charge in [-0.15, -0.1) is 5.10 Å². The van der Waals surface area contributed by atoms with Crippen LogP contribution in [0.15, 0.2) is 0 Å². The number of aromatic nitrogens is 2. The first kappa shape index (κ1) is 3.74. The highest BCUT2D eigenvalue weighted by Gasteiger charge is 1.79. The monoisotopic (exact) mass is 99.0 g/mol. The predicted molar refractivity (Wildman–Crippen MR) is 23.5 cm³/mol. The van der Waals surface area contributed by atoms with Gasteiger partial charge < -0.3 is 0 Å². The van der Waals surface area contributed by atoms with Crippen molar-refractivity contribution in [1.29, 1.82) is 0 Å².